The van der Waals surface area contributed by atoms with E-state index in [0.29, 0.717) is 22.6 Å². The van der Waals surface area contributed by atoms with Crippen LogP contribution in [0.15, 0.2) is 0 Å². The third kappa shape index (κ3) is 1.76. The quantitative estimate of drug-likeness (QED) is 0.630. The molecule has 0 spiro atoms. The number of nitriles is 1. The van der Waals surface area contributed by atoms with Crippen molar-refractivity contribution in [2.24, 2.45) is 0 Å². The van der Waals surface area contributed by atoms with Crippen molar-refractivity contribution in [2.75, 3.05) is 0 Å². The predicted octanol–water partition coefficient (Wildman–Crippen LogP) is 5.09. The number of nitrogens with zero attached hydrogens (tertiary/aromatic N) is 1. The summed E-state index contributed by atoms with van der Waals surface area (Å²) in [7, 11) is 0. The van der Waals surface area contributed by atoms with Crippen molar-refractivity contribution in [3.05, 3.63) is 0 Å². The zero-order valence-electron chi connectivity index (χ0n) is 13.3. The van der Waals surface area contributed by atoms with Crippen molar-refractivity contribution in [1.29, 1.82) is 5.26 Å². The van der Waals surface area contributed by atoms with E-state index in [2.05, 4.69) is 68.4 Å². The van der Waals surface area contributed by atoms with Gasteiger partial charge in [0.05, 0.1) is 0 Å². The van der Waals surface area contributed by atoms with Crippen LogP contribution in [0.4, 0.5) is 0 Å². The van der Waals surface area contributed by atoms with Crippen molar-refractivity contribution >= 4 is 6.60 Å². The Morgan fingerprint density at radius 1 is 0.647 bits per heavy atom. The summed E-state index contributed by atoms with van der Waals surface area (Å²) in [5.41, 5.74) is 2.68. The Bertz CT molecular complexity index is 253. The van der Waals surface area contributed by atoms with Crippen molar-refractivity contribution in [3.63, 3.8) is 0 Å². The number of hydrogen-bond acceptors (Lipinski definition) is 1. The summed E-state index contributed by atoms with van der Waals surface area (Å²) in [6.45, 7) is 18.9. The van der Waals surface area contributed by atoms with Crippen LogP contribution < -0.4 is 0 Å². The van der Waals surface area contributed by atoms with Gasteiger partial charge in [0, 0.05) is 0 Å². The van der Waals surface area contributed by atoms with Gasteiger partial charge in [-0.15, -0.1) is 0 Å². The molecule has 1 unspecified atom stereocenters. The van der Waals surface area contributed by atoms with Crippen LogP contribution in [-0.4, -0.2) is 28.3 Å². The van der Waals surface area contributed by atoms with Crippen LogP contribution in [0.3, 0.4) is 0 Å². The zero-order valence-corrected chi connectivity index (χ0v) is 14.2. The van der Waals surface area contributed by atoms with Crippen molar-refractivity contribution in [1.82, 2.24) is 0 Å². The van der Waals surface area contributed by atoms with Gasteiger partial charge in [-0.05, 0) is 0 Å². The van der Waals surface area contributed by atoms with Crippen LogP contribution >= 0.6 is 6.60 Å². The molecule has 0 rings (SSSR count). The molecule has 17 heavy (non-hydrogen) atoms. The molecular formula is C15H32NP. The first-order chi connectivity index (χ1) is 7.60. The average Bonchev–Trinajstić information content (AvgIpc) is 2.16. The minimum absolute atomic E-state index is 0.195. The second-order valence-electron chi connectivity index (χ2n) is 6.67. The fourth-order valence-electron chi connectivity index (χ4n) is 5.50. The molecule has 1 atom stereocenters. The summed E-state index contributed by atoms with van der Waals surface area (Å²) in [6, 6.07) is 2.63. The minimum atomic E-state index is -2.11. The molecule has 0 aliphatic heterocycles. The Hall–Kier alpha value is -0.0800. The molecule has 0 fully saturated rings. The Balaban J connectivity index is 6.37. The van der Waals surface area contributed by atoms with Crippen molar-refractivity contribution in [2.45, 2.75) is 90.6 Å². The van der Waals surface area contributed by atoms with Gasteiger partial charge >= 0.3 is 109 Å². The summed E-state index contributed by atoms with van der Waals surface area (Å²) < 4.78 is 0. The normalized spacial score (nSPS) is 17.3. The molecule has 0 heterocycles. The molecule has 0 aliphatic carbocycles. The van der Waals surface area contributed by atoms with Crippen LogP contribution in [0.2, 0.25) is 0 Å². The predicted molar refractivity (Wildman–Crippen MR) is 82.5 cm³/mol. The molecule has 0 aromatic rings. The Labute approximate surface area is 109 Å². The molecule has 0 saturated heterocycles. The summed E-state index contributed by atoms with van der Waals surface area (Å²) >= 11 is 0. The standard InChI is InChI=1S/C15H32NP/c1-11(2)17(12(3)4,13(5)6,14(7)8)15(9)10-16/h11-15H,1-9H3. The number of hydrogen-bond donors (Lipinski definition) is 0. The number of rotatable bonds is 5. The third-order valence-corrected chi connectivity index (χ3v) is 17.3. The van der Waals surface area contributed by atoms with E-state index in [1.54, 1.807) is 0 Å². The van der Waals surface area contributed by atoms with E-state index >= 15 is 0 Å². The van der Waals surface area contributed by atoms with E-state index in [1.165, 1.54) is 0 Å². The molecule has 2 heteroatoms. The van der Waals surface area contributed by atoms with Gasteiger partial charge in [0.1, 0.15) is 0 Å². The van der Waals surface area contributed by atoms with Gasteiger partial charge in [0.2, 0.25) is 0 Å². The molecule has 0 bridgehead atoms. The molecule has 0 N–H and O–H groups in total. The van der Waals surface area contributed by atoms with Gasteiger partial charge in [0.25, 0.3) is 0 Å². The monoisotopic (exact) mass is 257 g/mol. The first kappa shape index (κ1) is 16.9. The molecule has 0 amide bonds. The molecule has 0 aliphatic rings. The maximum absolute atomic E-state index is 9.61. The van der Waals surface area contributed by atoms with Gasteiger partial charge in [-0.25, -0.2) is 0 Å². The topological polar surface area (TPSA) is 23.8 Å². The fraction of sp³-hybridized carbons (Fsp3) is 0.933. The van der Waals surface area contributed by atoms with Gasteiger partial charge in [-0.3, -0.25) is 0 Å². The van der Waals surface area contributed by atoms with Crippen LogP contribution in [0.5, 0.6) is 0 Å². The van der Waals surface area contributed by atoms with E-state index in [-0.39, 0.29) is 5.66 Å². The Kier molecular flexibility index (Phi) is 5.25. The summed E-state index contributed by atoms with van der Waals surface area (Å²) in [6.07, 6.45) is 0. The molecule has 1 nitrogen and oxygen atoms in total. The van der Waals surface area contributed by atoms with Crippen LogP contribution in [0.1, 0.15) is 62.3 Å². The fourth-order valence-corrected chi connectivity index (χ4v) is 16.5. The molecule has 0 saturated carbocycles. The van der Waals surface area contributed by atoms with Gasteiger partial charge < -0.3 is 0 Å². The van der Waals surface area contributed by atoms with E-state index < -0.39 is 6.60 Å². The van der Waals surface area contributed by atoms with Gasteiger partial charge in [0.15, 0.2) is 0 Å². The summed E-state index contributed by atoms with van der Waals surface area (Å²) in [5, 5.41) is 9.61. The van der Waals surface area contributed by atoms with Crippen LogP contribution in [0.25, 0.3) is 0 Å². The molecular weight excluding hydrogens is 225 g/mol. The molecule has 0 radical (unpaired) electrons. The Morgan fingerprint density at radius 3 is 0.941 bits per heavy atom. The SMILES string of the molecule is CC(C)P(C(C)C)(C(C)C)(C(C)C)C(C)C#N. The molecule has 102 valence electrons. The Morgan fingerprint density at radius 2 is 0.882 bits per heavy atom. The molecule has 0 aromatic heterocycles. The van der Waals surface area contributed by atoms with Crippen molar-refractivity contribution < 1.29 is 0 Å². The van der Waals surface area contributed by atoms with Crippen LogP contribution in [-0.2, 0) is 0 Å². The average molecular weight is 257 g/mol. The first-order valence-corrected chi connectivity index (χ1v) is 9.58. The van der Waals surface area contributed by atoms with Gasteiger partial charge in [-0.2, -0.15) is 0 Å². The van der Waals surface area contributed by atoms with E-state index in [1.807, 2.05) is 0 Å². The maximum atomic E-state index is 9.61. The molecule has 0 aromatic carbocycles. The van der Waals surface area contributed by atoms with Gasteiger partial charge in [-0.1, -0.05) is 0 Å². The third-order valence-electron chi connectivity index (χ3n) is 5.85. The van der Waals surface area contributed by atoms with E-state index in [9.17, 15) is 5.26 Å². The summed E-state index contributed by atoms with van der Waals surface area (Å²) in [5.74, 6) is 0. The first-order valence-electron chi connectivity index (χ1n) is 7.00. The summed E-state index contributed by atoms with van der Waals surface area (Å²) in [4.78, 5) is 0. The van der Waals surface area contributed by atoms with Crippen molar-refractivity contribution in [3.8, 4) is 6.07 Å². The van der Waals surface area contributed by atoms with E-state index in [0.717, 1.165) is 0 Å². The van der Waals surface area contributed by atoms with Crippen LogP contribution in [0, 0.1) is 11.3 Å². The zero-order chi connectivity index (χ0) is 14.0. The second kappa shape index (κ2) is 5.27. The van der Waals surface area contributed by atoms with E-state index in [4.69, 9.17) is 0 Å². The second-order valence-corrected chi connectivity index (χ2v) is 14.6.